The lowest BCUT2D eigenvalue weighted by Gasteiger charge is -2.04. The normalized spacial score (nSPS) is 10.6. The molecule has 0 amide bonds. The topological polar surface area (TPSA) is 58.0 Å². The van der Waals surface area contributed by atoms with Gasteiger partial charge < -0.3 is 14.7 Å². The molecule has 0 spiro atoms. The van der Waals surface area contributed by atoms with Crippen LogP contribution in [0, 0.1) is 10.6 Å². The van der Waals surface area contributed by atoms with Crippen LogP contribution in [0.1, 0.15) is 21.7 Å². The summed E-state index contributed by atoms with van der Waals surface area (Å²) in [7, 11) is 1.70. The number of H-pyrrole nitrogens is 1. The van der Waals surface area contributed by atoms with Gasteiger partial charge in [-0.3, -0.25) is 0 Å². The molecule has 4 nitrogen and oxygen atoms in total. The Morgan fingerprint density at radius 3 is 2.61 bits per heavy atom. The molecule has 2 aromatic rings. The Labute approximate surface area is 108 Å². The number of carbonyl (C=O) groups is 1. The van der Waals surface area contributed by atoms with E-state index < -0.39 is 5.97 Å². The first-order valence-electron chi connectivity index (χ1n) is 5.24. The molecule has 6 heteroatoms. The smallest absolute Gasteiger partial charge is 0.354 e. The number of hydrogen-bond donors (Lipinski definition) is 2. The van der Waals surface area contributed by atoms with Gasteiger partial charge in [-0.25, -0.2) is 9.18 Å². The Hall–Kier alpha value is -1.95. The average molecular weight is 266 g/mol. The van der Waals surface area contributed by atoms with Gasteiger partial charge >= 0.3 is 5.97 Å². The van der Waals surface area contributed by atoms with E-state index in [1.54, 1.807) is 23.7 Å². The fourth-order valence-electron chi connectivity index (χ4n) is 1.73. The highest BCUT2D eigenvalue weighted by atomic mass is 32.1. The number of rotatable bonds is 3. The standard InChI is InChI=1S/C12H11FN2O2S/c1-15-9(10(11(16)17)14-12(15)18)6-7-2-4-8(13)5-3-7/h2-5H,6H2,1H3,(H,14,18)(H,16,17). The number of benzene rings is 1. The maximum atomic E-state index is 12.8. The van der Waals surface area contributed by atoms with Crippen molar-refractivity contribution in [3.63, 3.8) is 0 Å². The largest absolute Gasteiger partial charge is 0.477 e. The Bertz CT molecular complexity index is 643. The van der Waals surface area contributed by atoms with Crippen molar-refractivity contribution in [3.05, 3.63) is 51.8 Å². The lowest BCUT2D eigenvalue weighted by Crippen LogP contribution is -2.05. The van der Waals surface area contributed by atoms with Crippen LogP contribution in [0.3, 0.4) is 0 Å². The number of nitrogens with one attached hydrogen (secondary N) is 1. The minimum atomic E-state index is -1.06. The molecule has 0 bridgehead atoms. The number of carboxylic acids is 1. The minimum Gasteiger partial charge on any atom is -0.477 e. The number of aromatic carboxylic acids is 1. The van der Waals surface area contributed by atoms with Crippen molar-refractivity contribution in [2.45, 2.75) is 6.42 Å². The van der Waals surface area contributed by atoms with Crippen molar-refractivity contribution in [3.8, 4) is 0 Å². The summed E-state index contributed by atoms with van der Waals surface area (Å²) in [6.07, 6.45) is 0.381. The molecule has 0 aliphatic heterocycles. The van der Waals surface area contributed by atoms with Crippen molar-refractivity contribution in [1.29, 1.82) is 0 Å². The predicted molar refractivity (Wildman–Crippen MR) is 66.8 cm³/mol. The lowest BCUT2D eigenvalue weighted by atomic mass is 10.1. The van der Waals surface area contributed by atoms with Gasteiger partial charge in [-0.2, -0.15) is 0 Å². The number of aromatic nitrogens is 2. The second kappa shape index (κ2) is 4.73. The molecule has 1 aromatic heterocycles. The van der Waals surface area contributed by atoms with Crippen LogP contribution in [0.2, 0.25) is 0 Å². The van der Waals surface area contributed by atoms with Gasteiger partial charge in [-0.15, -0.1) is 0 Å². The molecule has 0 unspecified atom stereocenters. The van der Waals surface area contributed by atoms with Gasteiger partial charge in [0.2, 0.25) is 0 Å². The predicted octanol–water partition coefficient (Wildman–Crippen LogP) is 2.51. The number of nitrogens with zero attached hydrogens (tertiary/aromatic N) is 1. The van der Waals surface area contributed by atoms with Crippen LogP contribution in [-0.4, -0.2) is 20.6 Å². The molecule has 2 N–H and O–H groups in total. The van der Waals surface area contributed by atoms with Gasteiger partial charge in [0.05, 0.1) is 5.69 Å². The molecule has 1 aromatic carbocycles. The van der Waals surface area contributed by atoms with Crippen LogP contribution in [-0.2, 0) is 13.5 Å². The van der Waals surface area contributed by atoms with E-state index in [2.05, 4.69) is 4.98 Å². The number of halogens is 1. The highest BCUT2D eigenvalue weighted by molar-refractivity contribution is 7.71. The summed E-state index contributed by atoms with van der Waals surface area (Å²) in [6, 6.07) is 5.93. The van der Waals surface area contributed by atoms with E-state index in [9.17, 15) is 9.18 Å². The van der Waals surface area contributed by atoms with Gasteiger partial charge in [0.1, 0.15) is 11.5 Å². The van der Waals surface area contributed by atoms with E-state index in [1.807, 2.05) is 0 Å². The minimum absolute atomic E-state index is 0.0758. The quantitative estimate of drug-likeness (QED) is 0.839. The summed E-state index contributed by atoms with van der Waals surface area (Å²) >= 11 is 5.00. The molecule has 0 saturated heterocycles. The fourth-order valence-corrected chi connectivity index (χ4v) is 1.94. The molecule has 1 heterocycles. The first-order chi connectivity index (χ1) is 8.49. The van der Waals surface area contributed by atoms with Crippen molar-refractivity contribution in [1.82, 2.24) is 9.55 Å². The van der Waals surface area contributed by atoms with Crippen LogP contribution >= 0.6 is 12.2 Å². The van der Waals surface area contributed by atoms with Gasteiger partial charge in [0, 0.05) is 13.5 Å². The van der Waals surface area contributed by atoms with Gasteiger partial charge in [0.15, 0.2) is 4.77 Å². The monoisotopic (exact) mass is 266 g/mol. The van der Waals surface area contributed by atoms with Crippen LogP contribution in [0.25, 0.3) is 0 Å². The molecule has 0 saturated carbocycles. The van der Waals surface area contributed by atoms with Crippen LogP contribution in [0.4, 0.5) is 4.39 Å². The highest BCUT2D eigenvalue weighted by Crippen LogP contribution is 2.14. The molecular weight excluding hydrogens is 255 g/mol. The number of aromatic amines is 1. The Kier molecular flexibility index (Phi) is 3.29. The van der Waals surface area contributed by atoms with Crippen molar-refractivity contribution in [2.24, 2.45) is 7.05 Å². The third kappa shape index (κ3) is 2.33. The number of hydrogen-bond acceptors (Lipinski definition) is 2. The Morgan fingerprint density at radius 1 is 1.44 bits per heavy atom. The van der Waals surface area contributed by atoms with Gasteiger partial charge in [-0.1, -0.05) is 12.1 Å². The van der Waals surface area contributed by atoms with Crippen LogP contribution in [0.5, 0.6) is 0 Å². The lowest BCUT2D eigenvalue weighted by molar-refractivity contribution is 0.0689. The van der Waals surface area contributed by atoms with Gasteiger partial charge in [0.25, 0.3) is 0 Å². The second-order valence-corrected chi connectivity index (χ2v) is 4.31. The van der Waals surface area contributed by atoms with Crippen LogP contribution in [0.15, 0.2) is 24.3 Å². The zero-order chi connectivity index (χ0) is 13.3. The molecule has 0 radical (unpaired) electrons. The summed E-state index contributed by atoms with van der Waals surface area (Å²) in [5.74, 6) is -1.38. The van der Waals surface area contributed by atoms with E-state index in [4.69, 9.17) is 17.3 Å². The Balaban J connectivity index is 2.42. The molecule has 94 valence electrons. The van der Waals surface area contributed by atoms with E-state index in [-0.39, 0.29) is 11.5 Å². The zero-order valence-corrected chi connectivity index (χ0v) is 10.4. The number of carboxylic acid groups (broad SMARTS) is 1. The summed E-state index contributed by atoms with van der Waals surface area (Å²) in [5.41, 5.74) is 1.47. The van der Waals surface area contributed by atoms with Crippen molar-refractivity contribution in [2.75, 3.05) is 0 Å². The molecule has 0 fully saturated rings. The Morgan fingerprint density at radius 2 is 2.06 bits per heavy atom. The third-order valence-electron chi connectivity index (χ3n) is 2.73. The third-order valence-corrected chi connectivity index (χ3v) is 3.10. The molecule has 0 aliphatic rings. The maximum Gasteiger partial charge on any atom is 0.354 e. The SMILES string of the molecule is Cn1c(Cc2ccc(F)cc2)c(C(=O)O)[nH]c1=S. The average Bonchev–Trinajstić information content (AvgIpc) is 2.60. The zero-order valence-electron chi connectivity index (χ0n) is 9.61. The molecule has 2 rings (SSSR count). The first-order valence-corrected chi connectivity index (χ1v) is 5.65. The number of imidazole rings is 1. The van der Waals surface area contributed by atoms with E-state index >= 15 is 0 Å². The van der Waals surface area contributed by atoms with Crippen LogP contribution < -0.4 is 0 Å². The maximum absolute atomic E-state index is 12.8. The van der Waals surface area contributed by atoms with Crippen molar-refractivity contribution >= 4 is 18.2 Å². The molecular formula is C12H11FN2O2S. The van der Waals surface area contributed by atoms with E-state index in [1.165, 1.54) is 12.1 Å². The first kappa shape index (κ1) is 12.5. The second-order valence-electron chi connectivity index (χ2n) is 3.92. The van der Waals surface area contributed by atoms with E-state index in [0.29, 0.717) is 16.9 Å². The molecule has 0 aliphatic carbocycles. The van der Waals surface area contributed by atoms with E-state index in [0.717, 1.165) is 5.56 Å². The summed E-state index contributed by atoms with van der Waals surface area (Å²) in [6.45, 7) is 0. The summed E-state index contributed by atoms with van der Waals surface area (Å²) in [5, 5.41) is 9.07. The molecule has 0 atom stereocenters. The summed E-state index contributed by atoms with van der Waals surface area (Å²) < 4.78 is 14.8. The van der Waals surface area contributed by atoms with Crippen molar-refractivity contribution < 1.29 is 14.3 Å². The highest BCUT2D eigenvalue weighted by Gasteiger charge is 2.16. The van der Waals surface area contributed by atoms with Gasteiger partial charge in [-0.05, 0) is 29.9 Å². The molecule has 18 heavy (non-hydrogen) atoms. The fraction of sp³-hybridized carbons (Fsp3) is 0.167. The summed E-state index contributed by atoms with van der Waals surface area (Å²) in [4.78, 5) is 13.7.